The van der Waals surface area contributed by atoms with E-state index >= 15 is 0 Å². The van der Waals surface area contributed by atoms with Gasteiger partial charge in [-0.1, -0.05) is 23.2 Å². The molecular formula is C16H15Cl2F3N2O3. The number of fused-ring (bicyclic) bond motifs is 2. The number of alkyl halides is 3. The molecule has 2 N–H and O–H groups in total. The number of phenols is 1. The third-order valence-electron chi connectivity index (χ3n) is 4.80. The van der Waals surface area contributed by atoms with Gasteiger partial charge in [-0.05, 0) is 30.9 Å². The van der Waals surface area contributed by atoms with Crippen molar-refractivity contribution in [2.24, 2.45) is 5.92 Å². The molecule has 3 rings (SSSR count). The van der Waals surface area contributed by atoms with Crippen molar-refractivity contribution in [3.63, 3.8) is 0 Å². The first-order valence-corrected chi connectivity index (χ1v) is 8.66. The number of amides is 2. The highest BCUT2D eigenvalue weighted by Gasteiger charge is 2.48. The SMILES string of the molecule is O=C(N[C@H]1C[C@H]2C[C@@H]1CN2C(=O)CC(F)(F)F)c1cc(Cl)cc(Cl)c1O. The molecule has 3 atom stereocenters. The number of piperidine rings is 1. The molecule has 0 unspecified atom stereocenters. The summed E-state index contributed by atoms with van der Waals surface area (Å²) >= 11 is 11.6. The first-order chi connectivity index (χ1) is 12.0. The number of rotatable bonds is 3. The van der Waals surface area contributed by atoms with E-state index in [1.54, 1.807) is 0 Å². The maximum absolute atomic E-state index is 12.4. The van der Waals surface area contributed by atoms with Crippen LogP contribution in [0.3, 0.4) is 0 Å². The van der Waals surface area contributed by atoms with Crippen molar-refractivity contribution in [1.82, 2.24) is 10.2 Å². The summed E-state index contributed by atoms with van der Waals surface area (Å²) in [5, 5.41) is 12.8. The van der Waals surface area contributed by atoms with Gasteiger partial charge in [0.25, 0.3) is 5.91 Å². The number of phenolic OH excluding ortho intramolecular Hbond substituents is 1. The van der Waals surface area contributed by atoms with Crippen LogP contribution >= 0.6 is 23.2 Å². The summed E-state index contributed by atoms with van der Waals surface area (Å²) < 4.78 is 37.2. The fourth-order valence-corrected chi connectivity index (χ4v) is 4.19. The second-order valence-electron chi connectivity index (χ2n) is 6.59. The molecule has 2 fully saturated rings. The van der Waals surface area contributed by atoms with Crippen molar-refractivity contribution in [3.05, 3.63) is 27.7 Å². The molecule has 26 heavy (non-hydrogen) atoms. The van der Waals surface area contributed by atoms with Gasteiger partial charge in [0.05, 0.1) is 10.6 Å². The van der Waals surface area contributed by atoms with Crippen molar-refractivity contribution < 1.29 is 27.9 Å². The molecule has 2 bridgehead atoms. The summed E-state index contributed by atoms with van der Waals surface area (Å²) in [6, 6.07) is 1.97. The molecule has 2 amide bonds. The fraction of sp³-hybridized carbons (Fsp3) is 0.500. The van der Waals surface area contributed by atoms with Gasteiger partial charge in [-0.25, -0.2) is 0 Å². The van der Waals surface area contributed by atoms with E-state index < -0.39 is 30.2 Å². The third-order valence-corrected chi connectivity index (χ3v) is 5.31. The van der Waals surface area contributed by atoms with E-state index in [4.69, 9.17) is 23.2 Å². The lowest BCUT2D eigenvalue weighted by Gasteiger charge is -2.32. The van der Waals surface area contributed by atoms with Gasteiger partial charge < -0.3 is 15.3 Å². The molecule has 1 aliphatic heterocycles. The Morgan fingerprint density at radius 2 is 1.96 bits per heavy atom. The van der Waals surface area contributed by atoms with Crippen LogP contribution in [0.25, 0.3) is 0 Å². The molecule has 1 saturated carbocycles. The van der Waals surface area contributed by atoms with E-state index in [0.717, 1.165) is 0 Å². The Balaban J connectivity index is 1.63. The molecule has 1 aromatic rings. The minimum Gasteiger partial charge on any atom is -0.506 e. The zero-order chi connectivity index (χ0) is 19.2. The number of hydrogen-bond donors (Lipinski definition) is 2. The van der Waals surface area contributed by atoms with Gasteiger partial charge in [0.2, 0.25) is 5.91 Å². The summed E-state index contributed by atoms with van der Waals surface area (Å²) in [6.45, 7) is 0.173. The molecule has 142 valence electrons. The normalized spacial score (nSPS) is 24.8. The Morgan fingerprint density at radius 3 is 2.54 bits per heavy atom. The van der Waals surface area contributed by atoms with Crippen molar-refractivity contribution in [1.29, 1.82) is 0 Å². The first kappa shape index (κ1) is 19.1. The van der Waals surface area contributed by atoms with Gasteiger partial charge in [-0.2, -0.15) is 13.2 Å². The van der Waals surface area contributed by atoms with Gasteiger partial charge in [-0.3, -0.25) is 9.59 Å². The Hall–Kier alpha value is -1.67. The predicted octanol–water partition coefficient (Wildman–Crippen LogP) is 3.37. The molecule has 1 aromatic carbocycles. The van der Waals surface area contributed by atoms with Crippen LogP contribution in [0.2, 0.25) is 10.0 Å². The van der Waals surface area contributed by atoms with Crippen LogP contribution in [0.1, 0.15) is 29.6 Å². The van der Waals surface area contributed by atoms with E-state index in [-0.39, 0.29) is 40.2 Å². The van der Waals surface area contributed by atoms with E-state index in [1.807, 2.05) is 0 Å². The molecular weight excluding hydrogens is 396 g/mol. The van der Waals surface area contributed by atoms with Crippen LogP contribution < -0.4 is 5.32 Å². The van der Waals surface area contributed by atoms with Crippen LogP contribution in [0.5, 0.6) is 5.75 Å². The number of aromatic hydroxyl groups is 1. The lowest BCUT2D eigenvalue weighted by atomic mass is 10.0. The predicted molar refractivity (Wildman–Crippen MR) is 88.3 cm³/mol. The molecule has 0 aromatic heterocycles. The quantitative estimate of drug-likeness (QED) is 0.802. The fourth-order valence-electron chi connectivity index (χ4n) is 3.69. The maximum atomic E-state index is 12.4. The number of benzene rings is 1. The van der Waals surface area contributed by atoms with Gasteiger partial charge >= 0.3 is 6.18 Å². The zero-order valence-corrected chi connectivity index (χ0v) is 14.8. The molecule has 1 heterocycles. The molecule has 1 saturated heterocycles. The molecule has 1 aliphatic carbocycles. The Labute approximate surface area is 157 Å². The molecule has 0 spiro atoms. The van der Waals surface area contributed by atoms with Crippen molar-refractivity contribution >= 4 is 35.0 Å². The molecule has 0 radical (unpaired) electrons. The largest absolute Gasteiger partial charge is 0.506 e. The summed E-state index contributed by atoms with van der Waals surface area (Å²) in [4.78, 5) is 25.4. The molecule has 10 heteroatoms. The van der Waals surface area contributed by atoms with Crippen molar-refractivity contribution in [2.45, 2.75) is 37.5 Å². The number of hydrogen-bond acceptors (Lipinski definition) is 3. The van der Waals surface area contributed by atoms with E-state index in [2.05, 4.69) is 5.32 Å². The average Bonchev–Trinajstić information content (AvgIpc) is 3.09. The molecule has 2 aliphatic rings. The highest BCUT2D eigenvalue weighted by molar-refractivity contribution is 6.36. The Kier molecular flexibility index (Phi) is 5.00. The zero-order valence-electron chi connectivity index (χ0n) is 13.3. The van der Waals surface area contributed by atoms with Crippen LogP contribution in [0, 0.1) is 5.92 Å². The maximum Gasteiger partial charge on any atom is 0.397 e. The minimum atomic E-state index is -4.53. The number of carbonyl (C=O) groups is 2. The van der Waals surface area contributed by atoms with Gasteiger partial charge in [0, 0.05) is 23.7 Å². The summed E-state index contributed by atoms with van der Waals surface area (Å²) in [6.07, 6.45) is -5.09. The number of likely N-dealkylation sites (tertiary alicyclic amines) is 1. The van der Waals surface area contributed by atoms with Crippen molar-refractivity contribution in [3.8, 4) is 5.75 Å². The Bertz CT molecular complexity index is 757. The smallest absolute Gasteiger partial charge is 0.397 e. The number of nitrogens with zero attached hydrogens (tertiary/aromatic N) is 1. The number of nitrogens with one attached hydrogen (secondary N) is 1. The summed E-state index contributed by atoms with van der Waals surface area (Å²) in [7, 11) is 0. The van der Waals surface area contributed by atoms with Crippen LogP contribution in [-0.4, -0.2) is 46.6 Å². The topological polar surface area (TPSA) is 69.6 Å². The molecule has 5 nitrogen and oxygen atoms in total. The van der Waals surface area contributed by atoms with Crippen LogP contribution in [0.15, 0.2) is 12.1 Å². The van der Waals surface area contributed by atoms with Gasteiger partial charge in [0.1, 0.15) is 12.2 Å². The van der Waals surface area contributed by atoms with E-state index in [1.165, 1.54) is 17.0 Å². The van der Waals surface area contributed by atoms with E-state index in [0.29, 0.717) is 12.8 Å². The third kappa shape index (κ3) is 3.86. The second kappa shape index (κ2) is 6.81. The number of halogens is 5. The monoisotopic (exact) mass is 410 g/mol. The summed E-state index contributed by atoms with van der Waals surface area (Å²) in [5.41, 5.74) is -0.0738. The van der Waals surface area contributed by atoms with Crippen LogP contribution in [-0.2, 0) is 4.79 Å². The lowest BCUT2D eigenvalue weighted by molar-refractivity contribution is -0.162. The van der Waals surface area contributed by atoms with Crippen molar-refractivity contribution in [2.75, 3.05) is 6.54 Å². The van der Waals surface area contributed by atoms with Gasteiger partial charge in [-0.15, -0.1) is 0 Å². The second-order valence-corrected chi connectivity index (χ2v) is 7.43. The Morgan fingerprint density at radius 1 is 1.27 bits per heavy atom. The average molecular weight is 411 g/mol. The minimum absolute atomic E-state index is 0.0560. The van der Waals surface area contributed by atoms with Crippen LogP contribution in [0.4, 0.5) is 13.2 Å². The summed E-state index contributed by atoms with van der Waals surface area (Å²) in [5.74, 6) is -2.02. The van der Waals surface area contributed by atoms with Gasteiger partial charge in [0.15, 0.2) is 0 Å². The highest BCUT2D eigenvalue weighted by Crippen LogP contribution is 2.39. The lowest BCUT2D eigenvalue weighted by Crippen LogP contribution is -2.48. The standard InChI is InChI=1S/C16H15Cl2F3N2O3/c17-8-2-10(14(25)11(18)3-8)15(26)22-12-4-9-1-7(12)6-23(9)13(24)5-16(19,20)21/h2-3,7,9,12,25H,1,4-6H2,(H,22,26)/t7-,9-,12+/m1/s1. The first-order valence-electron chi connectivity index (χ1n) is 7.90. The number of carbonyl (C=O) groups excluding carboxylic acids is 2. The van der Waals surface area contributed by atoms with E-state index in [9.17, 15) is 27.9 Å². The highest BCUT2D eigenvalue weighted by atomic mass is 35.5.